The molecule has 0 atom stereocenters. The third kappa shape index (κ3) is 4.24. The molecular weight excluding hydrogens is 293 g/mol. The first-order valence-corrected chi connectivity index (χ1v) is 8.46. The average molecular weight is 317 g/mol. The molecule has 3 rings (SSSR count). The van der Waals surface area contributed by atoms with Gasteiger partial charge >= 0.3 is 6.03 Å². The third-order valence-corrected chi connectivity index (χ3v) is 4.65. The van der Waals surface area contributed by atoms with E-state index in [1.54, 1.807) is 12.1 Å². The first-order valence-electron chi connectivity index (χ1n) is 8.46. The van der Waals surface area contributed by atoms with Crippen molar-refractivity contribution in [1.29, 1.82) is 0 Å². The maximum absolute atomic E-state index is 13.0. The molecule has 0 aromatic heterocycles. The first-order chi connectivity index (χ1) is 11.2. The van der Waals surface area contributed by atoms with Crippen molar-refractivity contribution in [2.24, 2.45) is 0 Å². The van der Waals surface area contributed by atoms with Crippen LogP contribution in [0, 0.1) is 5.82 Å². The number of carbonyl (C=O) groups excluding carboxylic acids is 1. The van der Waals surface area contributed by atoms with Crippen molar-refractivity contribution in [3.8, 4) is 0 Å². The van der Waals surface area contributed by atoms with Crippen LogP contribution < -0.4 is 10.2 Å². The van der Waals surface area contributed by atoms with Crippen LogP contribution >= 0.6 is 0 Å². The number of hydrogen-bond donors (Lipinski definition) is 1. The highest BCUT2D eigenvalue weighted by molar-refractivity contribution is 5.75. The summed E-state index contributed by atoms with van der Waals surface area (Å²) in [5.41, 5.74) is 2.37. The van der Waals surface area contributed by atoms with Crippen LogP contribution in [-0.4, -0.2) is 37.1 Å². The van der Waals surface area contributed by atoms with E-state index in [0.29, 0.717) is 13.1 Å². The zero-order valence-electron chi connectivity index (χ0n) is 13.4. The van der Waals surface area contributed by atoms with E-state index in [0.717, 1.165) is 31.6 Å². The number of rotatable bonds is 2. The van der Waals surface area contributed by atoms with Crippen LogP contribution in [0.5, 0.6) is 0 Å². The van der Waals surface area contributed by atoms with Gasteiger partial charge in [0.05, 0.1) is 0 Å². The molecule has 2 amide bonds. The molecule has 1 saturated carbocycles. The molecule has 1 heterocycles. The van der Waals surface area contributed by atoms with Gasteiger partial charge < -0.3 is 15.1 Å². The van der Waals surface area contributed by atoms with Gasteiger partial charge in [0.15, 0.2) is 0 Å². The number of nitrogens with one attached hydrogen (secondary N) is 1. The molecule has 2 fully saturated rings. The minimum Gasteiger partial charge on any atom is -0.368 e. The van der Waals surface area contributed by atoms with E-state index in [1.165, 1.54) is 37.0 Å². The quantitative estimate of drug-likeness (QED) is 0.906. The number of carbonyl (C=O) groups is 1. The number of halogens is 1. The Kier molecular flexibility index (Phi) is 5.16. The van der Waals surface area contributed by atoms with Gasteiger partial charge in [-0.2, -0.15) is 0 Å². The maximum atomic E-state index is 13.0. The summed E-state index contributed by atoms with van der Waals surface area (Å²) in [6, 6.07) is 6.52. The van der Waals surface area contributed by atoms with E-state index in [-0.39, 0.29) is 11.8 Å². The lowest BCUT2D eigenvalue weighted by molar-refractivity contribution is 0.198. The van der Waals surface area contributed by atoms with Gasteiger partial charge in [-0.25, -0.2) is 9.18 Å². The summed E-state index contributed by atoms with van der Waals surface area (Å²) in [5, 5.41) is 2.94. The molecule has 1 N–H and O–H groups in total. The van der Waals surface area contributed by atoms with Crippen LogP contribution in [0.3, 0.4) is 0 Å². The predicted molar refractivity (Wildman–Crippen MR) is 89.9 cm³/mol. The van der Waals surface area contributed by atoms with Crippen molar-refractivity contribution < 1.29 is 9.18 Å². The monoisotopic (exact) mass is 317 g/mol. The minimum absolute atomic E-state index is 0.0122. The van der Waals surface area contributed by atoms with E-state index in [4.69, 9.17) is 0 Å². The third-order valence-electron chi connectivity index (χ3n) is 4.65. The van der Waals surface area contributed by atoms with Crippen molar-refractivity contribution >= 4 is 11.7 Å². The van der Waals surface area contributed by atoms with Gasteiger partial charge in [-0.15, -0.1) is 0 Å². The molecule has 1 saturated heterocycles. The molecule has 4 nitrogen and oxygen atoms in total. The fraction of sp³-hybridized carbons (Fsp3) is 0.500. The first kappa shape index (κ1) is 15.8. The van der Waals surface area contributed by atoms with E-state index in [9.17, 15) is 9.18 Å². The molecule has 1 aromatic carbocycles. The van der Waals surface area contributed by atoms with Crippen LogP contribution in [0.2, 0.25) is 0 Å². The van der Waals surface area contributed by atoms with Gasteiger partial charge in [-0.05, 0) is 49.9 Å². The van der Waals surface area contributed by atoms with Crippen molar-refractivity contribution in [1.82, 2.24) is 10.2 Å². The molecule has 1 aromatic rings. The molecule has 5 heteroatoms. The molecule has 23 heavy (non-hydrogen) atoms. The second-order valence-corrected chi connectivity index (χ2v) is 6.26. The second kappa shape index (κ2) is 7.49. The zero-order valence-corrected chi connectivity index (χ0v) is 13.4. The lowest BCUT2D eigenvalue weighted by Gasteiger charge is -2.35. The Balaban J connectivity index is 1.48. The highest BCUT2D eigenvalue weighted by Crippen LogP contribution is 2.22. The van der Waals surface area contributed by atoms with Gasteiger partial charge in [0.25, 0.3) is 0 Å². The van der Waals surface area contributed by atoms with Gasteiger partial charge in [0.2, 0.25) is 0 Å². The van der Waals surface area contributed by atoms with Crippen molar-refractivity contribution in [2.75, 3.05) is 31.1 Å². The van der Waals surface area contributed by atoms with Crippen LogP contribution in [0.25, 0.3) is 0 Å². The van der Waals surface area contributed by atoms with Crippen molar-refractivity contribution in [2.45, 2.75) is 32.1 Å². The molecule has 1 aliphatic heterocycles. The normalized spacial score (nSPS) is 18.7. The number of urea groups is 1. The van der Waals surface area contributed by atoms with Crippen LogP contribution in [0.4, 0.5) is 14.9 Å². The second-order valence-electron chi connectivity index (χ2n) is 6.26. The predicted octanol–water partition coefficient (Wildman–Crippen LogP) is 3.51. The lowest BCUT2D eigenvalue weighted by atomic mass is 9.96. The Morgan fingerprint density at radius 1 is 1.00 bits per heavy atom. The lowest BCUT2D eigenvalue weighted by Crippen LogP contribution is -2.51. The van der Waals surface area contributed by atoms with E-state index >= 15 is 0 Å². The van der Waals surface area contributed by atoms with Gasteiger partial charge in [0.1, 0.15) is 5.82 Å². The summed E-state index contributed by atoms with van der Waals surface area (Å²) in [7, 11) is 0. The summed E-state index contributed by atoms with van der Waals surface area (Å²) < 4.78 is 13.0. The molecule has 1 aliphatic carbocycles. The molecule has 0 unspecified atom stereocenters. The van der Waals surface area contributed by atoms with E-state index in [1.807, 2.05) is 11.1 Å². The van der Waals surface area contributed by atoms with Crippen molar-refractivity contribution in [3.05, 3.63) is 41.9 Å². The average Bonchev–Trinajstić information content (AvgIpc) is 2.61. The minimum atomic E-state index is -0.220. The van der Waals surface area contributed by atoms with Gasteiger partial charge in [-0.1, -0.05) is 12.0 Å². The molecule has 0 radical (unpaired) electrons. The molecule has 2 aliphatic rings. The Morgan fingerprint density at radius 3 is 2.30 bits per heavy atom. The van der Waals surface area contributed by atoms with Crippen LogP contribution in [0.15, 0.2) is 36.0 Å². The number of nitrogens with zero attached hydrogens (tertiary/aromatic N) is 2. The molecule has 0 bridgehead atoms. The van der Waals surface area contributed by atoms with E-state index < -0.39 is 0 Å². The Morgan fingerprint density at radius 2 is 1.65 bits per heavy atom. The van der Waals surface area contributed by atoms with Gasteiger partial charge in [-0.3, -0.25) is 0 Å². The maximum Gasteiger partial charge on any atom is 0.321 e. The van der Waals surface area contributed by atoms with Gasteiger partial charge in [0, 0.05) is 38.1 Å². The summed E-state index contributed by atoms with van der Waals surface area (Å²) in [4.78, 5) is 16.3. The van der Waals surface area contributed by atoms with Crippen molar-refractivity contribution in [3.63, 3.8) is 0 Å². The summed E-state index contributed by atoms with van der Waals surface area (Å²) in [5.74, 6) is -0.220. The summed E-state index contributed by atoms with van der Waals surface area (Å²) >= 11 is 0. The summed E-state index contributed by atoms with van der Waals surface area (Å²) in [6.45, 7) is 2.92. The molecule has 0 spiro atoms. The van der Waals surface area contributed by atoms with E-state index in [2.05, 4.69) is 10.2 Å². The zero-order chi connectivity index (χ0) is 16.1. The Bertz CT molecular complexity index is 554. The number of anilines is 1. The number of piperazine rings is 1. The topological polar surface area (TPSA) is 35.6 Å². The number of hydrogen-bond acceptors (Lipinski definition) is 2. The fourth-order valence-corrected chi connectivity index (χ4v) is 3.22. The number of benzene rings is 1. The van der Waals surface area contributed by atoms with Crippen LogP contribution in [0.1, 0.15) is 32.1 Å². The number of allylic oxidation sites excluding steroid dienone is 1. The SMILES string of the molecule is O=C(NC=C1CCCCC1)N1CCN(c2ccc(F)cc2)CC1. The smallest absolute Gasteiger partial charge is 0.321 e. The standard InChI is InChI=1S/C18H24FN3O/c19-16-6-8-17(9-7-16)21-10-12-22(13-11-21)18(23)20-14-15-4-2-1-3-5-15/h6-9,14H,1-5,10-13H2,(H,20,23). The summed E-state index contributed by atoms with van der Waals surface area (Å²) in [6.07, 6.45) is 7.90. The van der Waals surface area contributed by atoms with Crippen LogP contribution in [-0.2, 0) is 0 Å². The highest BCUT2D eigenvalue weighted by atomic mass is 19.1. The Labute approximate surface area is 137 Å². The molecular formula is C18H24FN3O. The Hall–Kier alpha value is -2.04. The fourth-order valence-electron chi connectivity index (χ4n) is 3.22. The largest absolute Gasteiger partial charge is 0.368 e. The molecule has 124 valence electrons. The highest BCUT2D eigenvalue weighted by Gasteiger charge is 2.20. The number of amides is 2.